The lowest BCUT2D eigenvalue weighted by molar-refractivity contribution is -0.142. The summed E-state index contributed by atoms with van der Waals surface area (Å²) in [7, 11) is 0. The molecule has 0 radical (unpaired) electrons. The standard InChI is InChI=1S/C21H29FN2O4/c1-3-28-18(26)10-23-13(2)15-6-4-14(5-7-15)11-24-12-16-8-9-17(25)20(22)19(16)21(24)27/h8-9,13-15,23,25H,3-7,10-12H2,1-2H3. The number of amides is 1. The Morgan fingerprint density at radius 3 is 2.75 bits per heavy atom. The number of carbonyl (C=O) groups excluding carboxylic acids is 2. The number of phenols is 1. The van der Waals surface area contributed by atoms with Gasteiger partial charge in [0.1, 0.15) is 0 Å². The van der Waals surface area contributed by atoms with E-state index in [1.54, 1.807) is 17.9 Å². The van der Waals surface area contributed by atoms with Crippen molar-refractivity contribution in [3.05, 3.63) is 29.1 Å². The zero-order valence-electron chi connectivity index (χ0n) is 16.5. The van der Waals surface area contributed by atoms with Crippen LogP contribution in [0.3, 0.4) is 0 Å². The highest BCUT2D eigenvalue weighted by Crippen LogP contribution is 2.35. The number of halogens is 1. The molecule has 1 amide bonds. The van der Waals surface area contributed by atoms with Crippen LogP contribution in [0, 0.1) is 17.7 Å². The van der Waals surface area contributed by atoms with Gasteiger partial charge in [-0.15, -0.1) is 0 Å². The van der Waals surface area contributed by atoms with Crippen LogP contribution in [-0.2, 0) is 16.1 Å². The molecule has 6 nitrogen and oxygen atoms in total. The maximum absolute atomic E-state index is 14.1. The Kier molecular flexibility index (Phi) is 6.54. The molecule has 1 saturated carbocycles. The number of esters is 1. The molecule has 154 valence electrons. The summed E-state index contributed by atoms with van der Waals surface area (Å²) in [6, 6.07) is 3.17. The van der Waals surface area contributed by atoms with E-state index in [2.05, 4.69) is 12.2 Å². The van der Waals surface area contributed by atoms with Crippen LogP contribution in [0.15, 0.2) is 12.1 Å². The lowest BCUT2D eigenvalue weighted by atomic mass is 9.78. The molecule has 1 aliphatic carbocycles. The number of fused-ring (bicyclic) bond motifs is 1. The highest BCUT2D eigenvalue weighted by Gasteiger charge is 2.34. The van der Waals surface area contributed by atoms with E-state index in [4.69, 9.17) is 4.74 Å². The van der Waals surface area contributed by atoms with Crippen molar-refractivity contribution in [3.63, 3.8) is 0 Å². The molecule has 0 saturated heterocycles. The second-order valence-electron chi connectivity index (χ2n) is 7.87. The lowest BCUT2D eigenvalue weighted by Gasteiger charge is -2.34. The number of phenolic OH excluding ortho intramolecular Hbond substituents is 1. The summed E-state index contributed by atoms with van der Waals surface area (Å²) < 4.78 is 19.0. The number of rotatable bonds is 7. The normalized spacial score (nSPS) is 22.8. The third kappa shape index (κ3) is 4.46. The molecular formula is C21H29FN2O4. The molecule has 1 heterocycles. The number of ether oxygens (including phenoxy) is 1. The summed E-state index contributed by atoms with van der Waals surface area (Å²) in [4.78, 5) is 25.7. The highest BCUT2D eigenvalue weighted by atomic mass is 19.1. The third-order valence-corrected chi connectivity index (χ3v) is 6.02. The van der Waals surface area contributed by atoms with Crippen molar-refractivity contribution in [2.45, 2.75) is 52.1 Å². The quantitative estimate of drug-likeness (QED) is 0.698. The molecule has 28 heavy (non-hydrogen) atoms. The molecule has 1 aromatic carbocycles. The number of nitrogens with one attached hydrogen (secondary N) is 1. The van der Waals surface area contributed by atoms with Gasteiger partial charge in [-0.2, -0.15) is 0 Å². The van der Waals surface area contributed by atoms with Crippen molar-refractivity contribution in [2.75, 3.05) is 19.7 Å². The predicted molar refractivity (Wildman–Crippen MR) is 102 cm³/mol. The van der Waals surface area contributed by atoms with Crippen LogP contribution in [-0.4, -0.2) is 47.6 Å². The zero-order chi connectivity index (χ0) is 20.3. The molecule has 2 aliphatic rings. The average Bonchev–Trinajstić information content (AvgIpc) is 3.00. The van der Waals surface area contributed by atoms with Gasteiger partial charge in [0.2, 0.25) is 0 Å². The first-order valence-corrected chi connectivity index (χ1v) is 10.1. The van der Waals surface area contributed by atoms with Gasteiger partial charge >= 0.3 is 5.97 Å². The molecule has 1 atom stereocenters. The smallest absolute Gasteiger partial charge is 0.319 e. The first-order valence-electron chi connectivity index (χ1n) is 10.1. The van der Waals surface area contributed by atoms with Gasteiger partial charge in [0.25, 0.3) is 5.91 Å². The second-order valence-corrected chi connectivity index (χ2v) is 7.87. The number of carbonyl (C=O) groups is 2. The van der Waals surface area contributed by atoms with Gasteiger partial charge in [-0.25, -0.2) is 4.39 Å². The SMILES string of the molecule is CCOC(=O)CNC(C)C1CCC(CN2Cc3ccc(O)c(F)c3C2=O)CC1. The molecule has 1 unspecified atom stereocenters. The molecule has 0 bridgehead atoms. The maximum atomic E-state index is 14.1. The van der Waals surface area contributed by atoms with Crippen molar-refractivity contribution < 1.29 is 23.8 Å². The summed E-state index contributed by atoms with van der Waals surface area (Å²) in [5.41, 5.74) is 0.663. The fraction of sp³-hybridized carbons (Fsp3) is 0.619. The molecule has 0 aromatic heterocycles. The van der Waals surface area contributed by atoms with Gasteiger partial charge in [0.15, 0.2) is 11.6 Å². The Morgan fingerprint density at radius 1 is 1.36 bits per heavy atom. The zero-order valence-corrected chi connectivity index (χ0v) is 16.5. The summed E-state index contributed by atoms with van der Waals surface area (Å²) in [6.07, 6.45) is 4.07. The maximum Gasteiger partial charge on any atom is 0.319 e. The summed E-state index contributed by atoms with van der Waals surface area (Å²) in [5, 5.41) is 12.8. The fourth-order valence-electron chi connectivity index (χ4n) is 4.36. The van der Waals surface area contributed by atoms with Crippen LogP contribution in [0.4, 0.5) is 4.39 Å². The van der Waals surface area contributed by atoms with Crippen molar-refractivity contribution >= 4 is 11.9 Å². The van der Waals surface area contributed by atoms with Gasteiger partial charge in [0.05, 0.1) is 18.7 Å². The minimum atomic E-state index is -0.810. The summed E-state index contributed by atoms with van der Waals surface area (Å²) in [5.74, 6) is -0.952. The number of benzene rings is 1. The molecule has 1 fully saturated rings. The minimum Gasteiger partial charge on any atom is -0.505 e. The summed E-state index contributed by atoms with van der Waals surface area (Å²) in [6.45, 7) is 5.54. The Morgan fingerprint density at radius 2 is 2.07 bits per heavy atom. The lowest BCUT2D eigenvalue weighted by Crippen LogP contribution is -2.40. The van der Waals surface area contributed by atoms with Gasteiger partial charge in [-0.3, -0.25) is 9.59 Å². The fourth-order valence-corrected chi connectivity index (χ4v) is 4.36. The predicted octanol–water partition coefficient (Wildman–Crippen LogP) is 2.83. The Balaban J connectivity index is 1.47. The molecule has 2 N–H and O–H groups in total. The number of hydrogen-bond acceptors (Lipinski definition) is 5. The summed E-state index contributed by atoms with van der Waals surface area (Å²) >= 11 is 0. The monoisotopic (exact) mass is 392 g/mol. The Bertz CT molecular complexity index is 731. The molecular weight excluding hydrogens is 363 g/mol. The van der Waals surface area contributed by atoms with E-state index in [0.717, 1.165) is 25.7 Å². The van der Waals surface area contributed by atoms with Gasteiger partial charge in [-0.05, 0) is 63.0 Å². The van der Waals surface area contributed by atoms with Gasteiger partial charge < -0.3 is 20.1 Å². The van der Waals surface area contributed by atoms with Crippen LogP contribution in [0.2, 0.25) is 0 Å². The van der Waals surface area contributed by atoms with E-state index in [9.17, 15) is 19.1 Å². The number of nitrogens with zero attached hydrogens (tertiary/aromatic N) is 1. The Hall–Kier alpha value is -2.15. The molecule has 7 heteroatoms. The van der Waals surface area contributed by atoms with Crippen molar-refractivity contribution in [2.24, 2.45) is 11.8 Å². The van der Waals surface area contributed by atoms with Gasteiger partial charge in [-0.1, -0.05) is 6.07 Å². The van der Waals surface area contributed by atoms with Crippen molar-refractivity contribution in [1.29, 1.82) is 0 Å². The van der Waals surface area contributed by atoms with Crippen molar-refractivity contribution in [3.8, 4) is 5.75 Å². The van der Waals surface area contributed by atoms with Crippen LogP contribution in [0.5, 0.6) is 5.75 Å². The minimum absolute atomic E-state index is 0.0190. The van der Waals surface area contributed by atoms with Gasteiger partial charge in [0, 0.05) is 19.1 Å². The van der Waals surface area contributed by atoms with E-state index >= 15 is 0 Å². The molecule has 1 aliphatic heterocycles. The molecule has 1 aromatic rings. The van der Waals surface area contributed by atoms with E-state index in [1.807, 2.05) is 0 Å². The molecule has 0 spiro atoms. The number of hydrogen-bond donors (Lipinski definition) is 2. The molecule has 3 rings (SSSR count). The van der Waals surface area contributed by atoms with E-state index in [1.165, 1.54) is 6.07 Å². The highest BCUT2D eigenvalue weighted by molar-refractivity contribution is 5.99. The van der Waals surface area contributed by atoms with E-state index < -0.39 is 11.6 Å². The average molecular weight is 392 g/mol. The Labute approximate surface area is 165 Å². The van der Waals surface area contributed by atoms with Crippen LogP contribution in [0.25, 0.3) is 0 Å². The second kappa shape index (κ2) is 8.90. The van der Waals surface area contributed by atoms with Crippen LogP contribution >= 0.6 is 0 Å². The van der Waals surface area contributed by atoms with Crippen LogP contribution in [0.1, 0.15) is 55.5 Å². The number of aromatic hydroxyl groups is 1. The first kappa shape index (κ1) is 20.6. The van der Waals surface area contributed by atoms with E-state index in [0.29, 0.717) is 37.1 Å². The largest absolute Gasteiger partial charge is 0.505 e. The van der Waals surface area contributed by atoms with Crippen LogP contribution < -0.4 is 5.32 Å². The third-order valence-electron chi connectivity index (χ3n) is 6.02. The topological polar surface area (TPSA) is 78.9 Å². The van der Waals surface area contributed by atoms with Crippen molar-refractivity contribution in [1.82, 2.24) is 10.2 Å². The first-order chi connectivity index (χ1) is 13.4. The van der Waals surface area contributed by atoms with E-state index in [-0.39, 0.29) is 30.0 Å².